The first-order chi connectivity index (χ1) is 11.2. The lowest BCUT2D eigenvalue weighted by molar-refractivity contribution is 0.103. The van der Waals surface area contributed by atoms with E-state index in [1.165, 1.54) is 41.4 Å². The molecular formula is C16H17N3O4S. The van der Waals surface area contributed by atoms with Crippen LogP contribution in [0, 0.1) is 0 Å². The number of carbonyl (C=O) groups excluding carboxylic acids is 1. The van der Waals surface area contributed by atoms with Crippen molar-refractivity contribution in [3.63, 3.8) is 0 Å². The lowest BCUT2D eigenvalue weighted by Gasteiger charge is -2.07. The molecule has 126 valence electrons. The third-order valence-electron chi connectivity index (χ3n) is 3.10. The van der Waals surface area contributed by atoms with E-state index in [1.54, 1.807) is 31.1 Å². The molecule has 0 aliphatic rings. The van der Waals surface area contributed by atoms with Crippen molar-refractivity contribution in [2.75, 3.05) is 20.4 Å². The topological polar surface area (TPSA) is 89.3 Å². The molecule has 0 saturated carbocycles. The predicted molar refractivity (Wildman–Crippen MR) is 90.1 cm³/mol. The Labute approximate surface area is 139 Å². The van der Waals surface area contributed by atoms with Crippen molar-refractivity contribution >= 4 is 15.6 Å². The van der Waals surface area contributed by atoms with Gasteiger partial charge in [-0.25, -0.2) is 13.1 Å². The lowest BCUT2D eigenvalue weighted by atomic mass is 10.2. The Bertz CT molecular complexity index is 942. The average Bonchev–Trinajstić information content (AvgIpc) is 2.52. The minimum absolute atomic E-state index is 0.178. The number of carbonyl (C=O) groups is 1. The molecule has 0 atom stereocenters. The second-order valence-electron chi connectivity index (χ2n) is 5.38. The van der Waals surface area contributed by atoms with Crippen molar-refractivity contribution in [3.05, 3.63) is 64.7 Å². The second-order valence-corrected chi connectivity index (χ2v) is 7.40. The van der Waals surface area contributed by atoms with Gasteiger partial charge in [0.05, 0.1) is 10.6 Å². The van der Waals surface area contributed by atoms with E-state index >= 15 is 0 Å². The number of hydrogen-bond acceptors (Lipinski definition) is 6. The van der Waals surface area contributed by atoms with Gasteiger partial charge in [0.1, 0.15) is 0 Å². The summed E-state index contributed by atoms with van der Waals surface area (Å²) in [5.41, 5.74) is -0.150. The van der Waals surface area contributed by atoms with Gasteiger partial charge in [0.25, 0.3) is 0 Å². The highest BCUT2D eigenvalue weighted by atomic mass is 32.2. The van der Waals surface area contributed by atoms with Crippen LogP contribution in [0.2, 0.25) is 0 Å². The highest BCUT2D eigenvalue weighted by Crippen LogP contribution is 2.12. The standard InChI is InChI=1S/C16H17N3O4S/c1-18(2)10-8-14(20)16-15(21)9-11-19(17-16)12-4-6-13(7-5-12)24(3,22)23/h4-11H,1-3H3/b10-8+. The van der Waals surface area contributed by atoms with Crippen LogP contribution in [0.1, 0.15) is 10.5 Å². The molecule has 1 aromatic carbocycles. The number of rotatable bonds is 5. The van der Waals surface area contributed by atoms with Crippen LogP contribution < -0.4 is 5.43 Å². The maximum atomic E-state index is 12.1. The van der Waals surface area contributed by atoms with Crippen LogP contribution in [-0.2, 0) is 9.84 Å². The maximum Gasteiger partial charge on any atom is 0.211 e. The van der Waals surface area contributed by atoms with E-state index in [4.69, 9.17) is 0 Å². The zero-order valence-electron chi connectivity index (χ0n) is 13.5. The van der Waals surface area contributed by atoms with Crippen molar-refractivity contribution < 1.29 is 13.2 Å². The van der Waals surface area contributed by atoms with Gasteiger partial charge in [-0.3, -0.25) is 9.59 Å². The van der Waals surface area contributed by atoms with Gasteiger partial charge < -0.3 is 4.90 Å². The lowest BCUT2D eigenvalue weighted by Crippen LogP contribution is -2.20. The summed E-state index contributed by atoms with van der Waals surface area (Å²) in [6.07, 6.45) is 5.33. The summed E-state index contributed by atoms with van der Waals surface area (Å²) in [7, 11) is 0.214. The van der Waals surface area contributed by atoms with Crippen molar-refractivity contribution in [2.45, 2.75) is 4.90 Å². The van der Waals surface area contributed by atoms with Crippen LogP contribution >= 0.6 is 0 Å². The molecule has 0 aliphatic heterocycles. The van der Waals surface area contributed by atoms with Gasteiger partial charge in [0.15, 0.2) is 15.5 Å². The Morgan fingerprint density at radius 3 is 2.33 bits per heavy atom. The van der Waals surface area contributed by atoms with Gasteiger partial charge in [0.2, 0.25) is 11.2 Å². The van der Waals surface area contributed by atoms with Crippen molar-refractivity contribution in [2.24, 2.45) is 0 Å². The fraction of sp³-hybridized carbons (Fsp3) is 0.188. The minimum Gasteiger partial charge on any atom is -0.383 e. The van der Waals surface area contributed by atoms with Gasteiger partial charge in [-0.15, -0.1) is 0 Å². The second kappa shape index (κ2) is 6.79. The number of benzene rings is 1. The molecule has 2 rings (SSSR count). The van der Waals surface area contributed by atoms with Crippen LogP contribution in [0.5, 0.6) is 0 Å². The zero-order chi connectivity index (χ0) is 17.9. The SMILES string of the molecule is CN(C)/C=C/C(=O)c1nn(-c2ccc(S(C)(=O)=O)cc2)ccc1=O. The molecule has 0 unspecified atom stereocenters. The number of allylic oxidation sites excluding steroid dienone is 1. The molecule has 2 aromatic rings. The number of sulfone groups is 1. The monoisotopic (exact) mass is 347 g/mol. The Morgan fingerprint density at radius 2 is 1.79 bits per heavy atom. The number of aromatic nitrogens is 2. The maximum absolute atomic E-state index is 12.1. The fourth-order valence-electron chi connectivity index (χ4n) is 1.86. The molecule has 1 aromatic heterocycles. The Kier molecular flexibility index (Phi) is 4.99. The molecular weight excluding hydrogens is 330 g/mol. The van der Waals surface area contributed by atoms with E-state index in [-0.39, 0.29) is 10.6 Å². The Morgan fingerprint density at radius 1 is 1.17 bits per heavy atom. The van der Waals surface area contributed by atoms with Crippen molar-refractivity contribution in [1.82, 2.24) is 14.7 Å². The van der Waals surface area contributed by atoms with Gasteiger partial charge in [-0.2, -0.15) is 5.10 Å². The normalized spacial score (nSPS) is 11.6. The van der Waals surface area contributed by atoms with E-state index in [9.17, 15) is 18.0 Å². The molecule has 0 N–H and O–H groups in total. The van der Waals surface area contributed by atoms with Crippen LogP contribution in [0.15, 0.2) is 58.5 Å². The van der Waals surface area contributed by atoms with Crippen LogP contribution in [-0.4, -0.2) is 49.2 Å². The molecule has 1 heterocycles. The van der Waals surface area contributed by atoms with Crippen molar-refractivity contribution in [3.8, 4) is 5.69 Å². The quantitative estimate of drug-likeness (QED) is 0.590. The first kappa shape index (κ1) is 17.6. The summed E-state index contributed by atoms with van der Waals surface area (Å²) in [6.45, 7) is 0. The van der Waals surface area contributed by atoms with E-state index in [2.05, 4.69) is 5.10 Å². The van der Waals surface area contributed by atoms with Gasteiger partial charge >= 0.3 is 0 Å². The first-order valence-electron chi connectivity index (χ1n) is 6.98. The van der Waals surface area contributed by atoms with Gasteiger partial charge in [0, 0.05) is 44.9 Å². The van der Waals surface area contributed by atoms with Crippen LogP contribution in [0.3, 0.4) is 0 Å². The molecule has 0 radical (unpaired) electrons. The van der Waals surface area contributed by atoms with Crippen LogP contribution in [0.25, 0.3) is 5.69 Å². The molecule has 7 nitrogen and oxygen atoms in total. The van der Waals surface area contributed by atoms with Crippen molar-refractivity contribution in [1.29, 1.82) is 0 Å². The summed E-state index contributed by atoms with van der Waals surface area (Å²) in [6, 6.07) is 7.24. The molecule has 24 heavy (non-hydrogen) atoms. The van der Waals surface area contributed by atoms with E-state index in [1.807, 2.05) is 0 Å². The smallest absolute Gasteiger partial charge is 0.211 e. The average molecular weight is 347 g/mol. The molecule has 0 saturated heterocycles. The summed E-state index contributed by atoms with van der Waals surface area (Å²) >= 11 is 0. The Hall–Kier alpha value is -2.74. The molecule has 8 heteroatoms. The van der Waals surface area contributed by atoms with E-state index < -0.39 is 21.0 Å². The highest BCUT2D eigenvalue weighted by molar-refractivity contribution is 7.90. The fourth-order valence-corrected chi connectivity index (χ4v) is 2.49. The summed E-state index contributed by atoms with van der Waals surface area (Å²) in [4.78, 5) is 25.8. The van der Waals surface area contributed by atoms with Crippen LogP contribution in [0.4, 0.5) is 0 Å². The van der Waals surface area contributed by atoms with Gasteiger partial charge in [-0.1, -0.05) is 0 Å². The third-order valence-corrected chi connectivity index (χ3v) is 4.22. The van der Waals surface area contributed by atoms with E-state index in [0.29, 0.717) is 5.69 Å². The molecule has 0 aliphatic carbocycles. The number of nitrogens with zero attached hydrogens (tertiary/aromatic N) is 3. The summed E-state index contributed by atoms with van der Waals surface area (Å²) in [5, 5.41) is 4.05. The molecule has 0 bridgehead atoms. The first-order valence-corrected chi connectivity index (χ1v) is 8.87. The Balaban J connectivity index is 2.41. The minimum atomic E-state index is -3.29. The zero-order valence-corrected chi connectivity index (χ0v) is 14.3. The summed E-state index contributed by atoms with van der Waals surface area (Å²) < 4.78 is 24.3. The molecule has 0 spiro atoms. The highest BCUT2D eigenvalue weighted by Gasteiger charge is 2.12. The van der Waals surface area contributed by atoms with Gasteiger partial charge in [-0.05, 0) is 24.3 Å². The third kappa shape index (κ3) is 4.17. The summed E-state index contributed by atoms with van der Waals surface area (Å²) in [5.74, 6) is -0.504. The van der Waals surface area contributed by atoms with E-state index in [0.717, 1.165) is 6.26 Å². The predicted octanol–water partition coefficient (Wildman–Crippen LogP) is 0.894. The number of ketones is 1. The molecule has 0 fully saturated rings. The molecule has 0 amide bonds. The largest absolute Gasteiger partial charge is 0.383 e. The number of hydrogen-bond donors (Lipinski definition) is 0.